The maximum atomic E-state index is 17.8. The van der Waals surface area contributed by atoms with Gasteiger partial charge in [0.15, 0.2) is 0 Å². The molecule has 3 aliphatic heterocycles. The van der Waals surface area contributed by atoms with Crippen LogP contribution in [0.25, 0.3) is 21.8 Å². The lowest BCUT2D eigenvalue weighted by Crippen LogP contribution is -2.29. The molecule has 0 spiro atoms. The molecular weight excluding hydrogens is 732 g/mol. The first-order valence-corrected chi connectivity index (χ1v) is 27.0. The predicted octanol–water partition coefficient (Wildman–Crippen LogP) is 15.2. The van der Waals surface area contributed by atoms with Crippen LogP contribution in [0.15, 0.2) is 182 Å². The highest BCUT2D eigenvalue weighted by Crippen LogP contribution is 3.24. The minimum Gasteiger partial charge on any atom is -0.317 e. The zero-order valence-electron chi connectivity index (χ0n) is 30.8. The Hall–Kier alpha value is -3.88. The highest BCUT2D eigenvalue weighted by atomic mass is 32.1. The van der Waals surface area contributed by atoms with Gasteiger partial charge in [-0.3, -0.25) is 0 Å². The predicted molar refractivity (Wildman–Crippen MR) is 235 cm³/mol. The smallest absolute Gasteiger partial charge is 0.139 e. The topological polar surface area (TPSA) is 34.1 Å². The molecule has 2 bridgehead atoms. The molecule has 6 heteroatoms. The number of rotatable bonds is 10. The molecule has 0 N–H and O–H groups in total. The fourth-order valence-electron chi connectivity index (χ4n) is 9.81. The average molecular weight is 777 g/mol. The maximum Gasteiger partial charge on any atom is 0.139 e. The number of fused-ring (bicyclic) bond motifs is 5. The van der Waals surface area contributed by atoms with Crippen molar-refractivity contribution in [2.24, 2.45) is 0 Å². The standard InChI is InChI=1S/C48H44O2P4/c1-3-35-53(49)46(40-29-17-8-18-30-40)44(38-25-13-6-14-26-38)47(41-31-19-9-20-32-41)51-45(39-27-15-7-16-28-39)43(37-23-11-5-12-24-37)48(52(47)53,54(51,50)36-4-2)42-33-21-10-22-34-42/h5-34H,3-4,35-36H2,1-2H3. The van der Waals surface area contributed by atoms with Crippen LogP contribution in [0, 0.1) is 0 Å². The molecule has 0 saturated carbocycles. The summed E-state index contributed by atoms with van der Waals surface area (Å²) >= 11 is 0. The lowest BCUT2D eigenvalue weighted by Gasteiger charge is -2.48. The molecule has 54 heavy (non-hydrogen) atoms. The molecule has 3 heterocycles. The third-order valence-corrected chi connectivity index (χ3v) is 36.2. The fourth-order valence-corrected chi connectivity index (χ4v) is 47.4. The quantitative estimate of drug-likeness (QED) is 0.130. The second kappa shape index (κ2) is 14.0. The van der Waals surface area contributed by atoms with Crippen molar-refractivity contribution in [2.75, 3.05) is 12.3 Å². The summed E-state index contributed by atoms with van der Waals surface area (Å²) in [5, 5.41) is 2.24. The van der Waals surface area contributed by atoms with Crippen molar-refractivity contribution in [3.8, 4) is 0 Å². The summed E-state index contributed by atoms with van der Waals surface area (Å²) in [5.74, 6) is 0. The molecule has 1 saturated heterocycles. The van der Waals surface area contributed by atoms with Crippen molar-refractivity contribution in [2.45, 2.75) is 36.5 Å². The first-order chi connectivity index (χ1) is 26.5. The lowest BCUT2D eigenvalue weighted by atomic mass is 9.93. The summed E-state index contributed by atoms with van der Waals surface area (Å²) in [6.45, 7) is -2.28. The van der Waals surface area contributed by atoms with E-state index in [9.17, 15) is 0 Å². The van der Waals surface area contributed by atoms with Gasteiger partial charge in [-0.05, 0) is 62.7 Å². The third kappa shape index (κ3) is 4.80. The highest BCUT2D eigenvalue weighted by Gasteiger charge is 2.86. The molecule has 6 aromatic rings. The van der Waals surface area contributed by atoms with Crippen LogP contribution in [0.5, 0.6) is 0 Å². The van der Waals surface area contributed by atoms with Crippen molar-refractivity contribution < 1.29 is 9.13 Å². The van der Waals surface area contributed by atoms with E-state index in [-0.39, 0.29) is 0 Å². The van der Waals surface area contributed by atoms with Gasteiger partial charge in [-0.15, -0.1) is 0 Å². The van der Waals surface area contributed by atoms with Crippen LogP contribution in [0.3, 0.4) is 0 Å². The Balaban J connectivity index is 1.60. The molecule has 6 atom stereocenters. The Morgan fingerprint density at radius 1 is 0.463 bits per heavy atom. The van der Waals surface area contributed by atoms with E-state index in [1.807, 2.05) is 0 Å². The summed E-state index contributed by atoms with van der Waals surface area (Å²) in [5.41, 5.74) is 8.92. The zero-order chi connectivity index (χ0) is 37.0. The summed E-state index contributed by atoms with van der Waals surface area (Å²) in [7, 11) is -3.11. The molecule has 6 aromatic carbocycles. The number of benzene rings is 6. The van der Waals surface area contributed by atoms with Crippen LogP contribution in [0.1, 0.15) is 60.1 Å². The Labute approximate surface area is 322 Å². The second-order valence-electron chi connectivity index (χ2n) is 14.5. The van der Waals surface area contributed by atoms with E-state index in [4.69, 9.17) is 0 Å². The Bertz CT molecular complexity index is 2470. The largest absolute Gasteiger partial charge is 0.317 e. The van der Waals surface area contributed by atoms with Crippen molar-refractivity contribution in [1.29, 1.82) is 0 Å². The van der Waals surface area contributed by atoms with Crippen LogP contribution < -0.4 is 0 Å². The molecule has 0 amide bonds. The Morgan fingerprint density at radius 3 is 1.35 bits per heavy atom. The van der Waals surface area contributed by atoms with Crippen LogP contribution in [-0.2, 0) is 18.9 Å². The van der Waals surface area contributed by atoms with Gasteiger partial charge in [-0.1, -0.05) is 196 Å². The molecular formula is C48H44O2P4. The minimum absolute atomic E-state index is 0.570. The first-order valence-electron chi connectivity index (χ1n) is 19.1. The third-order valence-electron chi connectivity index (χ3n) is 11.4. The molecule has 1 fully saturated rings. The first kappa shape index (κ1) is 35.8. The van der Waals surface area contributed by atoms with E-state index in [1.54, 1.807) is 0 Å². The van der Waals surface area contributed by atoms with Crippen LogP contribution >= 0.6 is 28.9 Å². The minimum atomic E-state index is -3.36. The van der Waals surface area contributed by atoms with Gasteiger partial charge in [0.1, 0.15) is 18.6 Å². The molecule has 0 aromatic heterocycles. The van der Waals surface area contributed by atoms with Gasteiger partial charge in [-0.25, -0.2) is 0 Å². The van der Waals surface area contributed by atoms with Gasteiger partial charge >= 0.3 is 0 Å². The van der Waals surface area contributed by atoms with E-state index in [0.717, 1.165) is 57.1 Å². The SMILES string of the molecule is CCCP1(=O)C(c2ccccc2)=C(c2ccccc2)C2(c3ccccc3)P1C1(c3ccccc3)C(c3ccccc3)=C(c3ccccc3)P2P1(=O)CCC. The van der Waals surface area contributed by atoms with Gasteiger partial charge in [0.2, 0.25) is 0 Å². The van der Waals surface area contributed by atoms with Gasteiger partial charge in [0.05, 0.1) is 4.90 Å². The second-order valence-corrected chi connectivity index (χ2v) is 30.0. The average Bonchev–Trinajstić information content (AvgIpc) is 3.70. The summed E-state index contributed by atoms with van der Waals surface area (Å²) in [6, 6.07) is 64.7. The zero-order valence-corrected chi connectivity index (χ0v) is 34.3. The number of hydrogen-bond donors (Lipinski definition) is 0. The van der Waals surface area contributed by atoms with Crippen LogP contribution in [-0.4, -0.2) is 12.3 Å². The van der Waals surface area contributed by atoms with E-state index in [2.05, 4.69) is 196 Å². The molecule has 268 valence electrons. The molecule has 9 rings (SSSR count). The van der Waals surface area contributed by atoms with Gasteiger partial charge in [-0.2, -0.15) is 0 Å². The van der Waals surface area contributed by atoms with Crippen LogP contribution in [0.4, 0.5) is 0 Å². The Morgan fingerprint density at radius 2 is 0.870 bits per heavy atom. The van der Waals surface area contributed by atoms with E-state index < -0.39 is 38.7 Å². The van der Waals surface area contributed by atoms with E-state index >= 15 is 9.13 Å². The van der Waals surface area contributed by atoms with Crippen molar-refractivity contribution in [3.05, 3.63) is 215 Å². The molecule has 0 radical (unpaired) electrons. The van der Waals surface area contributed by atoms with Crippen molar-refractivity contribution in [1.82, 2.24) is 0 Å². The molecule has 2 nitrogen and oxygen atoms in total. The summed E-state index contributed by atoms with van der Waals surface area (Å²) in [6.07, 6.45) is 2.73. The number of allylic oxidation sites excluding steroid dienone is 2. The van der Waals surface area contributed by atoms with Gasteiger partial charge in [0.25, 0.3) is 0 Å². The van der Waals surface area contributed by atoms with Crippen molar-refractivity contribution in [3.63, 3.8) is 0 Å². The van der Waals surface area contributed by atoms with Gasteiger partial charge < -0.3 is 9.13 Å². The molecule has 3 aliphatic rings. The monoisotopic (exact) mass is 776 g/mol. The summed E-state index contributed by atoms with van der Waals surface area (Å²) in [4.78, 5) is -1.69. The molecule has 0 aliphatic carbocycles. The Kier molecular flexibility index (Phi) is 9.28. The highest BCUT2D eigenvalue weighted by molar-refractivity contribution is 8.56. The lowest BCUT2D eigenvalue weighted by molar-refractivity contribution is 0.577. The van der Waals surface area contributed by atoms with E-state index in [0.29, 0.717) is 12.3 Å². The maximum absolute atomic E-state index is 17.8. The fraction of sp³-hybridized carbons (Fsp3) is 0.167. The molecule has 6 unspecified atom stereocenters. The number of hydrogen-bond acceptors (Lipinski definition) is 2. The van der Waals surface area contributed by atoms with Gasteiger partial charge in [0, 0.05) is 32.9 Å². The van der Waals surface area contributed by atoms with Crippen molar-refractivity contribution >= 4 is 50.7 Å². The van der Waals surface area contributed by atoms with Crippen LogP contribution in [0.2, 0.25) is 0 Å². The van der Waals surface area contributed by atoms with E-state index in [1.165, 1.54) is 10.9 Å². The summed E-state index contributed by atoms with van der Waals surface area (Å²) < 4.78 is 35.4. The normalized spacial score (nSPS) is 28.4.